The van der Waals surface area contributed by atoms with E-state index in [1.54, 1.807) is 19.2 Å². The molecule has 0 radical (unpaired) electrons. The molecular weight excluding hydrogens is 270 g/mol. The highest BCUT2D eigenvalue weighted by Crippen LogP contribution is 2.43. The molecular formula is C15H19N3O3. The summed E-state index contributed by atoms with van der Waals surface area (Å²) in [6.07, 6.45) is 2.23. The van der Waals surface area contributed by atoms with E-state index in [-0.39, 0.29) is 6.10 Å². The fraction of sp³-hybridized carbons (Fsp3) is 0.467. The van der Waals surface area contributed by atoms with E-state index in [1.807, 2.05) is 13.0 Å². The summed E-state index contributed by atoms with van der Waals surface area (Å²) in [5.74, 6) is 2.15. The van der Waals surface area contributed by atoms with Crippen molar-refractivity contribution in [1.82, 2.24) is 10.1 Å². The third kappa shape index (κ3) is 2.85. The Morgan fingerprint density at radius 1 is 1.43 bits per heavy atom. The first-order chi connectivity index (χ1) is 10.2. The van der Waals surface area contributed by atoms with E-state index in [0.29, 0.717) is 35.7 Å². The fourth-order valence-corrected chi connectivity index (χ4v) is 2.34. The van der Waals surface area contributed by atoms with Gasteiger partial charge in [-0.2, -0.15) is 4.98 Å². The van der Waals surface area contributed by atoms with Crippen molar-refractivity contribution in [1.29, 1.82) is 0 Å². The second-order valence-electron chi connectivity index (χ2n) is 5.13. The molecule has 0 aliphatic heterocycles. The van der Waals surface area contributed by atoms with Crippen molar-refractivity contribution < 1.29 is 14.0 Å². The van der Waals surface area contributed by atoms with Crippen molar-refractivity contribution in [2.45, 2.75) is 25.9 Å². The van der Waals surface area contributed by atoms with Gasteiger partial charge in [-0.15, -0.1) is 0 Å². The number of rotatable bonds is 6. The Labute approximate surface area is 123 Å². The molecule has 6 nitrogen and oxygen atoms in total. The molecule has 0 saturated heterocycles. The van der Waals surface area contributed by atoms with Crippen molar-refractivity contribution in [3.05, 3.63) is 24.0 Å². The molecule has 1 saturated carbocycles. The van der Waals surface area contributed by atoms with Crippen LogP contribution in [0.5, 0.6) is 5.75 Å². The zero-order valence-electron chi connectivity index (χ0n) is 12.2. The van der Waals surface area contributed by atoms with Crippen molar-refractivity contribution in [2.75, 3.05) is 19.5 Å². The molecule has 112 valence electrons. The normalized spacial score (nSPS) is 15.9. The van der Waals surface area contributed by atoms with E-state index in [9.17, 15) is 0 Å². The Bertz CT molecular complexity index is 622. The molecule has 1 aromatic carbocycles. The summed E-state index contributed by atoms with van der Waals surface area (Å²) in [6.45, 7) is 2.61. The Morgan fingerprint density at radius 3 is 2.90 bits per heavy atom. The zero-order chi connectivity index (χ0) is 14.8. The SMILES string of the molecule is CCOC(c1noc(-c2ccc(N)cc2OC)n1)C1CC1. The van der Waals surface area contributed by atoms with E-state index in [2.05, 4.69) is 10.1 Å². The maximum Gasteiger partial charge on any atom is 0.261 e. The topological polar surface area (TPSA) is 83.4 Å². The number of nitrogens with zero attached hydrogens (tertiary/aromatic N) is 2. The predicted molar refractivity (Wildman–Crippen MR) is 77.8 cm³/mol. The summed E-state index contributed by atoms with van der Waals surface area (Å²) in [7, 11) is 1.59. The van der Waals surface area contributed by atoms with E-state index >= 15 is 0 Å². The van der Waals surface area contributed by atoms with Gasteiger partial charge in [0.25, 0.3) is 5.89 Å². The number of hydrogen-bond acceptors (Lipinski definition) is 6. The first kappa shape index (κ1) is 13.9. The fourth-order valence-electron chi connectivity index (χ4n) is 2.34. The van der Waals surface area contributed by atoms with Crippen LogP contribution in [0.15, 0.2) is 22.7 Å². The minimum absolute atomic E-state index is 0.0766. The average Bonchev–Trinajstić information content (AvgIpc) is 3.22. The quantitative estimate of drug-likeness (QED) is 0.823. The Hall–Kier alpha value is -2.08. The summed E-state index contributed by atoms with van der Waals surface area (Å²) in [6, 6.07) is 5.33. The van der Waals surface area contributed by atoms with E-state index < -0.39 is 0 Å². The number of anilines is 1. The number of methoxy groups -OCH3 is 1. The van der Waals surface area contributed by atoms with Crippen molar-refractivity contribution in [3.63, 3.8) is 0 Å². The largest absolute Gasteiger partial charge is 0.496 e. The van der Waals surface area contributed by atoms with Crippen LogP contribution in [-0.4, -0.2) is 23.9 Å². The Balaban J connectivity index is 1.90. The van der Waals surface area contributed by atoms with Gasteiger partial charge in [0.1, 0.15) is 11.9 Å². The van der Waals surface area contributed by atoms with Crippen LogP contribution in [0.3, 0.4) is 0 Å². The molecule has 1 atom stereocenters. The lowest BCUT2D eigenvalue weighted by Gasteiger charge is -2.11. The third-order valence-corrected chi connectivity index (χ3v) is 3.55. The van der Waals surface area contributed by atoms with Gasteiger partial charge in [-0.05, 0) is 37.8 Å². The Kier molecular flexibility index (Phi) is 3.79. The zero-order valence-corrected chi connectivity index (χ0v) is 12.2. The molecule has 21 heavy (non-hydrogen) atoms. The molecule has 1 fully saturated rings. The van der Waals surface area contributed by atoms with Gasteiger partial charge in [-0.25, -0.2) is 0 Å². The van der Waals surface area contributed by atoms with Crippen molar-refractivity contribution >= 4 is 5.69 Å². The third-order valence-electron chi connectivity index (χ3n) is 3.55. The summed E-state index contributed by atoms with van der Waals surface area (Å²) in [5.41, 5.74) is 7.11. The standard InChI is InChI=1S/C15H19N3O3/c1-3-20-13(9-4-5-9)14-17-15(21-18-14)11-7-6-10(16)8-12(11)19-2/h6-9,13H,3-5,16H2,1-2H3. The van der Waals surface area contributed by atoms with Crippen molar-refractivity contribution in [2.24, 2.45) is 5.92 Å². The lowest BCUT2D eigenvalue weighted by Crippen LogP contribution is -2.08. The highest BCUT2D eigenvalue weighted by molar-refractivity contribution is 5.66. The van der Waals surface area contributed by atoms with Crippen LogP contribution in [0.25, 0.3) is 11.5 Å². The number of ether oxygens (including phenoxy) is 2. The van der Waals surface area contributed by atoms with Crippen LogP contribution >= 0.6 is 0 Å². The van der Waals surface area contributed by atoms with Gasteiger partial charge in [-0.1, -0.05) is 5.16 Å². The highest BCUT2D eigenvalue weighted by atomic mass is 16.5. The minimum atomic E-state index is -0.0766. The first-order valence-electron chi connectivity index (χ1n) is 7.12. The highest BCUT2D eigenvalue weighted by Gasteiger charge is 2.36. The predicted octanol–water partition coefficient (Wildman–Crippen LogP) is 2.82. The maximum atomic E-state index is 5.76. The minimum Gasteiger partial charge on any atom is -0.496 e. The van der Waals surface area contributed by atoms with Crippen LogP contribution in [-0.2, 0) is 4.74 Å². The molecule has 0 bridgehead atoms. The lowest BCUT2D eigenvalue weighted by atomic mass is 10.1. The summed E-state index contributed by atoms with van der Waals surface area (Å²) in [4.78, 5) is 4.48. The van der Waals surface area contributed by atoms with Crippen LogP contribution in [0, 0.1) is 5.92 Å². The molecule has 3 rings (SSSR count). The van der Waals surface area contributed by atoms with Crippen LogP contribution in [0.1, 0.15) is 31.7 Å². The molecule has 0 spiro atoms. The first-order valence-corrected chi connectivity index (χ1v) is 7.12. The lowest BCUT2D eigenvalue weighted by molar-refractivity contribution is 0.0385. The summed E-state index contributed by atoms with van der Waals surface area (Å²) in [5, 5.41) is 4.07. The second-order valence-corrected chi connectivity index (χ2v) is 5.13. The molecule has 1 aliphatic carbocycles. The molecule has 1 aliphatic rings. The number of aromatic nitrogens is 2. The number of nitrogen functional groups attached to an aromatic ring is 1. The van der Waals surface area contributed by atoms with Gasteiger partial charge < -0.3 is 19.7 Å². The monoisotopic (exact) mass is 289 g/mol. The molecule has 2 aromatic rings. The van der Waals surface area contributed by atoms with Gasteiger partial charge in [0.2, 0.25) is 5.82 Å². The maximum absolute atomic E-state index is 5.76. The van der Waals surface area contributed by atoms with Crippen LogP contribution in [0.2, 0.25) is 0 Å². The molecule has 6 heteroatoms. The molecule has 0 amide bonds. The smallest absolute Gasteiger partial charge is 0.261 e. The number of hydrogen-bond donors (Lipinski definition) is 1. The Morgan fingerprint density at radius 2 is 2.24 bits per heavy atom. The molecule has 1 unspecified atom stereocenters. The van der Waals surface area contributed by atoms with Gasteiger partial charge in [0.05, 0.1) is 12.7 Å². The summed E-state index contributed by atoms with van der Waals surface area (Å²) < 4.78 is 16.4. The second kappa shape index (κ2) is 5.73. The van der Waals surface area contributed by atoms with Crippen LogP contribution < -0.4 is 10.5 Å². The van der Waals surface area contributed by atoms with Crippen LogP contribution in [0.4, 0.5) is 5.69 Å². The number of nitrogens with two attached hydrogens (primary N) is 1. The number of benzene rings is 1. The average molecular weight is 289 g/mol. The molecule has 1 aromatic heterocycles. The molecule has 1 heterocycles. The van der Waals surface area contributed by atoms with E-state index in [1.165, 1.54) is 0 Å². The van der Waals surface area contributed by atoms with Gasteiger partial charge >= 0.3 is 0 Å². The molecule has 2 N–H and O–H groups in total. The van der Waals surface area contributed by atoms with Gasteiger partial charge in [0, 0.05) is 18.4 Å². The summed E-state index contributed by atoms with van der Waals surface area (Å²) >= 11 is 0. The van der Waals surface area contributed by atoms with E-state index in [4.69, 9.17) is 19.7 Å². The van der Waals surface area contributed by atoms with Crippen molar-refractivity contribution in [3.8, 4) is 17.2 Å². The van der Waals surface area contributed by atoms with Gasteiger partial charge in [-0.3, -0.25) is 0 Å². The van der Waals surface area contributed by atoms with Gasteiger partial charge in [0.15, 0.2) is 0 Å². The van der Waals surface area contributed by atoms with E-state index in [0.717, 1.165) is 18.4 Å².